The SMILES string of the molecule is Cc1[nH]n(-c2ccc(N(C)C)cc2)c(=O)c1N=Nc1ccccc1. The van der Waals surface area contributed by atoms with Crippen LogP contribution in [0, 0.1) is 6.92 Å². The lowest BCUT2D eigenvalue weighted by Gasteiger charge is -2.12. The van der Waals surface area contributed by atoms with E-state index in [0.717, 1.165) is 11.4 Å². The van der Waals surface area contributed by atoms with Gasteiger partial charge in [-0.1, -0.05) is 18.2 Å². The molecule has 0 saturated heterocycles. The molecule has 0 spiro atoms. The molecule has 0 aliphatic carbocycles. The first kappa shape index (κ1) is 15.7. The summed E-state index contributed by atoms with van der Waals surface area (Å²) in [5.74, 6) is 0. The second-order valence-electron chi connectivity index (χ2n) is 5.67. The number of H-pyrrole nitrogens is 1. The van der Waals surface area contributed by atoms with Crippen molar-refractivity contribution in [1.82, 2.24) is 9.78 Å². The largest absolute Gasteiger partial charge is 0.378 e. The van der Waals surface area contributed by atoms with E-state index in [2.05, 4.69) is 15.3 Å². The summed E-state index contributed by atoms with van der Waals surface area (Å²) in [6, 6.07) is 17.0. The summed E-state index contributed by atoms with van der Waals surface area (Å²) in [5.41, 5.74) is 3.31. The van der Waals surface area contributed by atoms with Crippen LogP contribution in [0.1, 0.15) is 5.69 Å². The van der Waals surface area contributed by atoms with Gasteiger partial charge in [-0.25, -0.2) is 4.68 Å². The molecule has 1 aromatic heterocycles. The Hall–Kier alpha value is -3.15. The quantitative estimate of drug-likeness (QED) is 0.739. The van der Waals surface area contributed by atoms with E-state index < -0.39 is 0 Å². The second kappa shape index (κ2) is 6.54. The maximum atomic E-state index is 12.6. The van der Waals surface area contributed by atoms with Crippen molar-refractivity contribution < 1.29 is 0 Å². The Kier molecular flexibility index (Phi) is 4.29. The van der Waals surface area contributed by atoms with Gasteiger partial charge in [0.2, 0.25) is 0 Å². The van der Waals surface area contributed by atoms with Gasteiger partial charge in [0, 0.05) is 19.8 Å². The number of hydrogen-bond acceptors (Lipinski definition) is 4. The molecule has 0 bridgehead atoms. The molecular formula is C18H19N5O. The molecule has 1 N–H and O–H groups in total. The van der Waals surface area contributed by atoms with Gasteiger partial charge in [0.05, 0.1) is 17.1 Å². The molecule has 3 rings (SSSR count). The molecule has 0 atom stereocenters. The minimum absolute atomic E-state index is 0.218. The molecule has 6 heteroatoms. The fourth-order valence-corrected chi connectivity index (χ4v) is 2.34. The normalized spacial score (nSPS) is 11.1. The number of azo groups is 1. The Balaban J connectivity index is 1.95. The molecule has 0 saturated carbocycles. The van der Waals surface area contributed by atoms with Crippen LogP contribution in [0.4, 0.5) is 17.1 Å². The zero-order chi connectivity index (χ0) is 17.1. The van der Waals surface area contributed by atoms with Gasteiger partial charge in [-0.3, -0.25) is 9.89 Å². The average Bonchev–Trinajstić information content (AvgIpc) is 2.88. The summed E-state index contributed by atoms with van der Waals surface area (Å²) < 4.78 is 1.48. The van der Waals surface area contributed by atoms with E-state index in [0.29, 0.717) is 17.1 Å². The fraction of sp³-hybridized carbons (Fsp3) is 0.167. The molecule has 24 heavy (non-hydrogen) atoms. The zero-order valence-electron chi connectivity index (χ0n) is 13.9. The highest BCUT2D eigenvalue weighted by Crippen LogP contribution is 2.19. The molecule has 6 nitrogen and oxygen atoms in total. The van der Waals surface area contributed by atoms with Crippen LogP contribution in [0.2, 0.25) is 0 Å². The molecular weight excluding hydrogens is 302 g/mol. The van der Waals surface area contributed by atoms with Gasteiger partial charge in [0.1, 0.15) is 0 Å². The zero-order valence-corrected chi connectivity index (χ0v) is 13.9. The van der Waals surface area contributed by atoms with E-state index in [1.54, 1.807) is 0 Å². The van der Waals surface area contributed by atoms with Crippen LogP contribution in [0.3, 0.4) is 0 Å². The third-order valence-corrected chi connectivity index (χ3v) is 3.69. The fourth-order valence-electron chi connectivity index (χ4n) is 2.34. The van der Waals surface area contributed by atoms with Gasteiger partial charge < -0.3 is 4.90 Å². The lowest BCUT2D eigenvalue weighted by atomic mass is 10.2. The molecule has 0 fully saturated rings. The van der Waals surface area contributed by atoms with E-state index in [-0.39, 0.29) is 5.56 Å². The monoisotopic (exact) mass is 321 g/mol. The Morgan fingerprint density at radius 1 is 0.958 bits per heavy atom. The first-order valence-electron chi connectivity index (χ1n) is 7.62. The number of nitrogens with one attached hydrogen (secondary N) is 1. The van der Waals surface area contributed by atoms with Crippen molar-refractivity contribution in [2.75, 3.05) is 19.0 Å². The summed E-state index contributed by atoms with van der Waals surface area (Å²) >= 11 is 0. The van der Waals surface area contributed by atoms with E-state index in [1.165, 1.54) is 4.68 Å². The van der Waals surface area contributed by atoms with Gasteiger partial charge in [-0.15, -0.1) is 5.11 Å². The molecule has 0 aliphatic rings. The van der Waals surface area contributed by atoms with Crippen LogP contribution in [0.15, 0.2) is 69.6 Å². The van der Waals surface area contributed by atoms with Crippen LogP contribution in [0.25, 0.3) is 5.69 Å². The van der Waals surface area contributed by atoms with Gasteiger partial charge in [-0.05, 0) is 43.3 Å². The van der Waals surface area contributed by atoms with Crippen molar-refractivity contribution in [2.24, 2.45) is 10.2 Å². The van der Waals surface area contributed by atoms with Crippen molar-refractivity contribution in [2.45, 2.75) is 6.92 Å². The summed E-state index contributed by atoms with van der Waals surface area (Å²) in [7, 11) is 3.95. The number of benzene rings is 2. The smallest absolute Gasteiger partial charge is 0.299 e. The summed E-state index contributed by atoms with van der Waals surface area (Å²) in [4.78, 5) is 14.6. The number of hydrogen-bond donors (Lipinski definition) is 1. The van der Waals surface area contributed by atoms with Crippen LogP contribution >= 0.6 is 0 Å². The summed E-state index contributed by atoms with van der Waals surface area (Å²) in [6.07, 6.45) is 0. The van der Waals surface area contributed by atoms with Crippen molar-refractivity contribution in [3.8, 4) is 5.69 Å². The van der Waals surface area contributed by atoms with Crippen LogP contribution in [-0.4, -0.2) is 23.9 Å². The lowest BCUT2D eigenvalue weighted by molar-refractivity contribution is 0.835. The molecule has 0 amide bonds. The number of aromatic amines is 1. The number of anilines is 1. The third-order valence-electron chi connectivity index (χ3n) is 3.69. The van der Waals surface area contributed by atoms with Crippen molar-refractivity contribution in [1.29, 1.82) is 0 Å². The predicted octanol–water partition coefficient (Wildman–Crippen LogP) is 3.96. The minimum atomic E-state index is -0.218. The molecule has 0 aliphatic heterocycles. The Morgan fingerprint density at radius 2 is 1.62 bits per heavy atom. The lowest BCUT2D eigenvalue weighted by Crippen LogP contribution is -2.14. The number of nitrogens with zero attached hydrogens (tertiary/aromatic N) is 4. The molecule has 3 aromatic rings. The number of aryl methyl sites for hydroxylation is 1. The van der Waals surface area contributed by atoms with Gasteiger partial charge in [0.25, 0.3) is 5.56 Å². The number of rotatable bonds is 4. The molecule has 122 valence electrons. The Bertz CT molecular complexity index is 905. The highest BCUT2D eigenvalue weighted by molar-refractivity contribution is 5.51. The first-order valence-corrected chi connectivity index (χ1v) is 7.62. The van der Waals surface area contributed by atoms with Crippen LogP contribution in [0.5, 0.6) is 0 Å². The van der Waals surface area contributed by atoms with Gasteiger partial charge >= 0.3 is 0 Å². The topological polar surface area (TPSA) is 65.8 Å². The maximum absolute atomic E-state index is 12.6. The van der Waals surface area contributed by atoms with E-state index in [9.17, 15) is 4.79 Å². The van der Waals surface area contributed by atoms with Gasteiger partial charge in [0.15, 0.2) is 5.69 Å². The van der Waals surface area contributed by atoms with Crippen molar-refractivity contribution in [3.05, 3.63) is 70.6 Å². The Morgan fingerprint density at radius 3 is 2.25 bits per heavy atom. The molecule has 2 aromatic carbocycles. The van der Waals surface area contributed by atoms with E-state index in [1.807, 2.05) is 80.5 Å². The predicted molar refractivity (Wildman–Crippen MR) is 96.1 cm³/mol. The molecule has 1 heterocycles. The highest BCUT2D eigenvalue weighted by Gasteiger charge is 2.12. The number of aromatic nitrogens is 2. The van der Waals surface area contributed by atoms with Crippen LogP contribution in [-0.2, 0) is 0 Å². The summed E-state index contributed by atoms with van der Waals surface area (Å²) in [6.45, 7) is 1.81. The third kappa shape index (κ3) is 3.12. The van der Waals surface area contributed by atoms with Crippen molar-refractivity contribution >= 4 is 17.1 Å². The minimum Gasteiger partial charge on any atom is -0.378 e. The van der Waals surface area contributed by atoms with E-state index in [4.69, 9.17) is 0 Å². The second-order valence-corrected chi connectivity index (χ2v) is 5.67. The molecule has 0 unspecified atom stereocenters. The average molecular weight is 321 g/mol. The van der Waals surface area contributed by atoms with E-state index >= 15 is 0 Å². The van der Waals surface area contributed by atoms with Gasteiger partial charge in [-0.2, -0.15) is 5.11 Å². The first-order chi connectivity index (χ1) is 11.6. The van der Waals surface area contributed by atoms with Crippen molar-refractivity contribution in [3.63, 3.8) is 0 Å². The Labute approximate surface area is 140 Å². The highest BCUT2D eigenvalue weighted by atomic mass is 16.1. The standard InChI is InChI=1S/C18H19N5O/c1-13-17(20-19-14-7-5-4-6-8-14)18(24)23(21-13)16-11-9-15(10-12-16)22(2)3/h4-12,21H,1-3H3. The maximum Gasteiger partial charge on any atom is 0.299 e. The summed E-state index contributed by atoms with van der Waals surface area (Å²) in [5, 5.41) is 11.3. The van der Waals surface area contributed by atoms with Crippen LogP contribution < -0.4 is 10.5 Å². The molecule has 0 radical (unpaired) electrons.